The first-order chi connectivity index (χ1) is 8.38. The van der Waals surface area contributed by atoms with E-state index in [-0.39, 0.29) is 5.91 Å². The lowest BCUT2D eigenvalue weighted by atomic mass is 10.0. The van der Waals surface area contributed by atoms with Crippen molar-refractivity contribution in [2.45, 2.75) is 26.3 Å². The highest BCUT2D eigenvalue weighted by Gasteiger charge is 2.26. The van der Waals surface area contributed by atoms with E-state index in [0.29, 0.717) is 0 Å². The average molecular weight is 250 g/mol. The van der Waals surface area contributed by atoms with Crippen LogP contribution in [0.15, 0.2) is 18.3 Å². The molecule has 1 aromatic rings. The molecule has 1 aromatic heterocycles. The molecule has 2 N–H and O–H groups in total. The van der Waals surface area contributed by atoms with Crippen molar-refractivity contribution in [3.05, 3.63) is 18.3 Å². The molecule has 1 heterocycles. The maximum absolute atomic E-state index is 12.2. The number of anilines is 2. The Morgan fingerprint density at radius 2 is 2.11 bits per heavy atom. The first kappa shape index (κ1) is 14.4. The predicted octanol–water partition coefficient (Wildman–Crippen LogP) is 1.47. The van der Waals surface area contributed by atoms with Gasteiger partial charge in [0.2, 0.25) is 5.91 Å². The van der Waals surface area contributed by atoms with E-state index in [9.17, 15) is 4.79 Å². The van der Waals surface area contributed by atoms with Gasteiger partial charge in [0.15, 0.2) is 5.82 Å². The van der Waals surface area contributed by atoms with Crippen LogP contribution >= 0.6 is 0 Å². The summed E-state index contributed by atoms with van der Waals surface area (Å²) in [7, 11) is 3.79. The first-order valence-electron chi connectivity index (χ1n) is 6.07. The lowest BCUT2D eigenvalue weighted by molar-refractivity contribution is -0.121. The fraction of sp³-hybridized carbons (Fsp3) is 0.538. The Morgan fingerprint density at radius 1 is 1.44 bits per heavy atom. The van der Waals surface area contributed by atoms with E-state index in [1.807, 2.05) is 51.9 Å². The zero-order chi connectivity index (χ0) is 13.8. The molecule has 0 aliphatic rings. The average Bonchev–Trinajstić information content (AvgIpc) is 2.29. The van der Waals surface area contributed by atoms with Gasteiger partial charge in [0, 0.05) is 20.3 Å². The maximum atomic E-state index is 12.2. The second-order valence-electron chi connectivity index (χ2n) is 4.88. The van der Waals surface area contributed by atoms with Crippen LogP contribution in [0.25, 0.3) is 0 Å². The second-order valence-corrected chi connectivity index (χ2v) is 4.88. The van der Waals surface area contributed by atoms with E-state index in [1.165, 1.54) is 0 Å². The van der Waals surface area contributed by atoms with Crippen molar-refractivity contribution in [3.8, 4) is 0 Å². The van der Waals surface area contributed by atoms with Crippen molar-refractivity contribution in [2.75, 3.05) is 30.9 Å². The molecule has 0 atom stereocenters. The van der Waals surface area contributed by atoms with Gasteiger partial charge in [-0.15, -0.1) is 0 Å². The third kappa shape index (κ3) is 3.43. The number of hydrogen-bond acceptors (Lipinski definition) is 4. The minimum Gasteiger partial charge on any atom is -0.361 e. The fourth-order valence-electron chi connectivity index (χ4n) is 1.65. The molecule has 0 spiro atoms. The zero-order valence-electron chi connectivity index (χ0n) is 11.7. The van der Waals surface area contributed by atoms with Crippen molar-refractivity contribution in [1.29, 1.82) is 0 Å². The van der Waals surface area contributed by atoms with Gasteiger partial charge < -0.3 is 15.5 Å². The van der Waals surface area contributed by atoms with Gasteiger partial charge in [-0.3, -0.25) is 4.79 Å². The van der Waals surface area contributed by atoms with Gasteiger partial charge in [-0.2, -0.15) is 0 Å². The van der Waals surface area contributed by atoms with E-state index in [4.69, 9.17) is 0 Å². The van der Waals surface area contributed by atoms with E-state index in [2.05, 4.69) is 15.6 Å². The molecule has 0 aromatic carbocycles. The third-order valence-corrected chi connectivity index (χ3v) is 2.64. The molecule has 0 saturated carbocycles. The van der Waals surface area contributed by atoms with Gasteiger partial charge in [0.05, 0.1) is 11.2 Å². The van der Waals surface area contributed by atoms with Crippen molar-refractivity contribution in [2.24, 2.45) is 0 Å². The standard InChI is InChI=1S/C13H22N4O/c1-6-15-13(2,3)12(18)16-10-8-7-9-14-11(10)17(4)5/h7-9,15H,6H2,1-5H3,(H,16,18). The minimum absolute atomic E-state index is 0.0690. The third-order valence-electron chi connectivity index (χ3n) is 2.64. The summed E-state index contributed by atoms with van der Waals surface area (Å²) in [6.45, 7) is 6.44. The number of aromatic nitrogens is 1. The van der Waals surface area contributed by atoms with Crippen LogP contribution < -0.4 is 15.5 Å². The van der Waals surface area contributed by atoms with Gasteiger partial charge >= 0.3 is 0 Å². The van der Waals surface area contributed by atoms with Crippen molar-refractivity contribution in [3.63, 3.8) is 0 Å². The number of hydrogen-bond donors (Lipinski definition) is 2. The molecular weight excluding hydrogens is 228 g/mol. The normalized spacial score (nSPS) is 11.2. The molecule has 0 saturated heterocycles. The molecule has 1 amide bonds. The van der Waals surface area contributed by atoms with Gasteiger partial charge in [-0.25, -0.2) is 4.98 Å². The maximum Gasteiger partial charge on any atom is 0.244 e. The Labute approximate surface area is 109 Å². The number of likely N-dealkylation sites (N-methyl/N-ethyl adjacent to an activating group) is 1. The lowest BCUT2D eigenvalue weighted by Crippen LogP contribution is -2.49. The van der Waals surface area contributed by atoms with Crippen molar-refractivity contribution in [1.82, 2.24) is 10.3 Å². The molecule has 100 valence electrons. The molecule has 5 heteroatoms. The second kappa shape index (κ2) is 5.82. The quantitative estimate of drug-likeness (QED) is 0.831. The van der Waals surface area contributed by atoms with Gasteiger partial charge in [0.25, 0.3) is 0 Å². The van der Waals surface area contributed by atoms with Crippen LogP contribution in [0.4, 0.5) is 11.5 Å². The number of pyridine rings is 1. The Balaban J connectivity index is 2.88. The highest BCUT2D eigenvalue weighted by atomic mass is 16.2. The number of carbonyl (C=O) groups excluding carboxylic acids is 1. The van der Waals surface area contributed by atoms with Gasteiger partial charge in [-0.05, 0) is 32.5 Å². The molecule has 0 radical (unpaired) electrons. The predicted molar refractivity (Wildman–Crippen MR) is 74.9 cm³/mol. The number of carbonyl (C=O) groups is 1. The smallest absolute Gasteiger partial charge is 0.244 e. The van der Waals surface area contributed by atoms with Crippen molar-refractivity contribution >= 4 is 17.4 Å². The van der Waals surface area contributed by atoms with Crippen LogP contribution in [0.1, 0.15) is 20.8 Å². The molecule has 5 nitrogen and oxygen atoms in total. The fourth-order valence-corrected chi connectivity index (χ4v) is 1.65. The largest absolute Gasteiger partial charge is 0.361 e. The lowest BCUT2D eigenvalue weighted by Gasteiger charge is -2.25. The van der Waals surface area contributed by atoms with Crippen LogP contribution in [-0.2, 0) is 4.79 Å². The summed E-state index contributed by atoms with van der Waals surface area (Å²) in [4.78, 5) is 18.3. The summed E-state index contributed by atoms with van der Waals surface area (Å²) in [6, 6.07) is 3.66. The molecular formula is C13H22N4O. The number of nitrogens with zero attached hydrogens (tertiary/aromatic N) is 2. The Bertz CT molecular complexity index is 415. The summed E-state index contributed by atoms with van der Waals surface area (Å²) >= 11 is 0. The van der Waals surface area contributed by atoms with Gasteiger partial charge in [-0.1, -0.05) is 6.92 Å². The number of amides is 1. The van der Waals surface area contributed by atoms with Crippen LogP contribution in [-0.4, -0.2) is 37.1 Å². The highest BCUT2D eigenvalue weighted by molar-refractivity contribution is 5.99. The summed E-state index contributed by atoms with van der Waals surface area (Å²) in [5, 5.41) is 6.06. The summed E-state index contributed by atoms with van der Waals surface area (Å²) < 4.78 is 0. The number of rotatable bonds is 5. The Kier molecular flexibility index (Phi) is 4.67. The minimum atomic E-state index is -0.603. The van der Waals surface area contributed by atoms with E-state index in [1.54, 1.807) is 6.20 Å². The van der Waals surface area contributed by atoms with Crippen LogP contribution in [0.2, 0.25) is 0 Å². The summed E-state index contributed by atoms with van der Waals surface area (Å²) in [5.41, 5.74) is 0.118. The van der Waals surface area contributed by atoms with E-state index in [0.717, 1.165) is 18.1 Å². The molecule has 0 bridgehead atoms. The molecule has 18 heavy (non-hydrogen) atoms. The monoisotopic (exact) mass is 250 g/mol. The summed E-state index contributed by atoms with van der Waals surface area (Å²) in [6.07, 6.45) is 1.71. The van der Waals surface area contributed by atoms with Crippen LogP contribution in [0, 0.1) is 0 Å². The first-order valence-corrected chi connectivity index (χ1v) is 6.07. The SMILES string of the molecule is CCNC(C)(C)C(=O)Nc1cccnc1N(C)C. The molecule has 0 aliphatic carbocycles. The zero-order valence-corrected chi connectivity index (χ0v) is 11.7. The van der Waals surface area contributed by atoms with Gasteiger partial charge in [0.1, 0.15) is 0 Å². The molecule has 0 fully saturated rings. The molecule has 0 unspecified atom stereocenters. The van der Waals surface area contributed by atoms with E-state index < -0.39 is 5.54 Å². The Morgan fingerprint density at radius 3 is 2.67 bits per heavy atom. The van der Waals surface area contributed by atoms with E-state index >= 15 is 0 Å². The molecule has 1 rings (SSSR count). The summed E-state index contributed by atoms with van der Waals surface area (Å²) in [5.74, 6) is 0.679. The van der Waals surface area contributed by atoms with Crippen LogP contribution in [0.3, 0.4) is 0 Å². The van der Waals surface area contributed by atoms with Crippen molar-refractivity contribution < 1.29 is 4.79 Å². The number of nitrogens with one attached hydrogen (secondary N) is 2. The molecule has 0 aliphatic heterocycles. The highest BCUT2D eigenvalue weighted by Crippen LogP contribution is 2.21. The topological polar surface area (TPSA) is 57.3 Å². The Hall–Kier alpha value is -1.62. The van der Waals surface area contributed by atoms with Crippen LogP contribution in [0.5, 0.6) is 0 Å².